The third-order valence-electron chi connectivity index (χ3n) is 2.22. The number of hydrogen-bond donors (Lipinski definition) is 2. The molecule has 1 rings (SSSR count). The molecule has 1 aromatic carbocycles. The summed E-state index contributed by atoms with van der Waals surface area (Å²) in [5.41, 5.74) is 4.78. The fraction of sp³-hybridized carbons (Fsp3) is 0.385. The van der Waals surface area contributed by atoms with Crippen molar-refractivity contribution in [3.8, 4) is 5.75 Å². The second-order valence-electron chi connectivity index (χ2n) is 4.19. The lowest BCUT2D eigenvalue weighted by Crippen LogP contribution is -2.28. The van der Waals surface area contributed by atoms with Crippen molar-refractivity contribution in [2.24, 2.45) is 5.84 Å². The highest BCUT2D eigenvalue weighted by Gasteiger charge is 2.10. The van der Waals surface area contributed by atoms with Gasteiger partial charge in [-0.15, -0.1) is 0 Å². The topological polar surface area (TPSA) is 47.3 Å². The zero-order chi connectivity index (χ0) is 12.1. The Morgan fingerprint density at radius 2 is 2.12 bits per heavy atom. The van der Waals surface area contributed by atoms with Gasteiger partial charge in [0.25, 0.3) is 0 Å². The first-order chi connectivity index (χ1) is 7.54. The van der Waals surface area contributed by atoms with Crippen LogP contribution < -0.4 is 16.0 Å². The molecule has 3 heteroatoms. The quantitative estimate of drug-likeness (QED) is 0.455. The van der Waals surface area contributed by atoms with E-state index < -0.39 is 0 Å². The van der Waals surface area contributed by atoms with Gasteiger partial charge in [0.2, 0.25) is 0 Å². The maximum Gasteiger partial charge on any atom is 0.120 e. The van der Waals surface area contributed by atoms with Crippen molar-refractivity contribution in [1.29, 1.82) is 0 Å². The average molecular weight is 220 g/mol. The first kappa shape index (κ1) is 12.7. The summed E-state index contributed by atoms with van der Waals surface area (Å²) in [7, 11) is 0. The predicted molar refractivity (Wildman–Crippen MR) is 67.1 cm³/mol. The number of benzene rings is 1. The van der Waals surface area contributed by atoms with Crippen LogP contribution in [0.2, 0.25) is 0 Å². The summed E-state index contributed by atoms with van der Waals surface area (Å²) < 4.78 is 5.63. The normalized spacial score (nSPS) is 12.6. The van der Waals surface area contributed by atoms with Crippen LogP contribution in [0.25, 0.3) is 0 Å². The highest BCUT2D eigenvalue weighted by molar-refractivity contribution is 5.34. The minimum absolute atomic E-state index is 0.0317. The van der Waals surface area contributed by atoms with Crippen LogP contribution in [0.4, 0.5) is 0 Å². The van der Waals surface area contributed by atoms with Gasteiger partial charge < -0.3 is 4.74 Å². The first-order valence-corrected chi connectivity index (χ1v) is 5.42. The van der Waals surface area contributed by atoms with Crippen LogP contribution in [-0.4, -0.2) is 6.10 Å². The Morgan fingerprint density at radius 3 is 2.62 bits per heavy atom. The van der Waals surface area contributed by atoms with Crippen molar-refractivity contribution in [3.05, 3.63) is 42.0 Å². The van der Waals surface area contributed by atoms with Gasteiger partial charge >= 0.3 is 0 Å². The number of ether oxygens (including phenoxy) is 1. The van der Waals surface area contributed by atoms with Gasteiger partial charge in [0.1, 0.15) is 5.75 Å². The van der Waals surface area contributed by atoms with E-state index in [-0.39, 0.29) is 12.1 Å². The van der Waals surface area contributed by atoms with Crippen molar-refractivity contribution >= 4 is 0 Å². The number of nitrogens with two attached hydrogens (primary N) is 1. The lowest BCUT2D eigenvalue weighted by molar-refractivity contribution is 0.242. The molecule has 0 aliphatic heterocycles. The molecule has 0 bridgehead atoms. The molecule has 0 radical (unpaired) electrons. The van der Waals surface area contributed by atoms with E-state index in [1.165, 1.54) is 0 Å². The Bertz CT molecular complexity index is 361. The summed E-state index contributed by atoms with van der Waals surface area (Å²) in [6, 6.07) is 7.86. The Hall–Kier alpha value is -1.32. The monoisotopic (exact) mass is 220 g/mol. The molecule has 0 amide bonds. The molecule has 0 saturated carbocycles. The summed E-state index contributed by atoms with van der Waals surface area (Å²) >= 11 is 0. The van der Waals surface area contributed by atoms with Crippen molar-refractivity contribution in [1.82, 2.24) is 5.43 Å². The predicted octanol–water partition coefficient (Wildman–Crippen LogP) is 2.55. The van der Waals surface area contributed by atoms with E-state index >= 15 is 0 Å². The Labute approximate surface area is 97.3 Å². The molecule has 1 atom stereocenters. The smallest absolute Gasteiger partial charge is 0.120 e. The van der Waals surface area contributed by atoms with E-state index in [2.05, 4.69) is 12.0 Å². The van der Waals surface area contributed by atoms with Crippen LogP contribution in [0, 0.1) is 0 Å². The second-order valence-corrected chi connectivity index (χ2v) is 4.19. The summed E-state index contributed by atoms with van der Waals surface area (Å²) in [4.78, 5) is 0. The van der Waals surface area contributed by atoms with Crippen molar-refractivity contribution < 1.29 is 4.74 Å². The van der Waals surface area contributed by atoms with Crippen LogP contribution in [-0.2, 0) is 0 Å². The maximum absolute atomic E-state index is 5.63. The maximum atomic E-state index is 5.63. The van der Waals surface area contributed by atoms with E-state index in [0.29, 0.717) is 0 Å². The van der Waals surface area contributed by atoms with Crippen molar-refractivity contribution in [3.63, 3.8) is 0 Å². The van der Waals surface area contributed by atoms with Crippen LogP contribution in [0.3, 0.4) is 0 Å². The molecule has 1 unspecified atom stereocenters. The van der Waals surface area contributed by atoms with Gasteiger partial charge in [-0.3, -0.25) is 5.84 Å². The van der Waals surface area contributed by atoms with Gasteiger partial charge in [-0.25, -0.2) is 5.43 Å². The molecule has 16 heavy (non-hydrogen) atoms. The van der Waals surface area contributed by atoms with E-state index in [1.54, 1.807) is 0 Å². The molecule has 0 aliphatic carbocycles. The van der Waals surface area contributed by atoms with E-state index in [4.69, 9.17) is 10.6 Å². The third kappa shape index (κ3) is 3.36. The molecule has 3 N–H and O–H groups in total. The first-order valence-electron chi connectivity index (χ1n) is 5.42. The van der Waals surface area contributed by atoms with Gasteiger partial charge in [0.05, 0.1) is 12.1 Å². The number of nitrogens with one attached hydrogen (secondary N) is 1. The lowest BCUT2D eigenvalue weighted by atomic mass is 10.0. The fourth-order valence-corrected chi connectivity index (χ4v) is 1.56. The van der Waals surface area contributed by atoms with E-state index in [0.717, 1.165) is 16.9 Å². The molecule has 0 saturated heterocycles. The molecular weight excluding hydrogens is 200 g/mol. The molecular formula is C13H20N2O. The summed E-state index contributed by atoms with van der Waals surface area (Å²) in [6.45, 7) is 9.86. The van der Waals surface area contributed by atoms with Crippen molar-refractivity contribution in [2.75, 3.05) is 0 Å². The van der Waals surface area contributed by atoms with Gasteiger partial charge in [0.15, 0.2) is 0 Å². The van der Waals surface area contributed by atoms with Gasteiger partial charge in [-0.05, 0) is 38.5 Å². The number of hydrazine groups is 1. The Kier molecular flexibility index (Phi) is 4.52. The largest absolute Gasteiger partial charge is 0.491 e. The molecule has 1 aromatic rings. The minimum atomic E-state index is -0.0317. The Balaban J connectivity index is 2.92. The summed E-state index contributed by atoms with van der Waals surface area (Å²) in [5.74, 6) is 6.36. The molecule has 0 aliphatic rings. The molecule has 3 nitrogen and oxygen atoms in total. The van der Waals surface area contributed by atoms with Crippen LogP contribution >= 0.6 is 0 Å². The highest BCUT2D eigenvalue weighted by Crippen LogP contribution is 2.23. The minimum Gasteiger partial charge on any atom is -0.491 e. The Morgan fingerprint density at radius 1 is 1.44 bits per heavy atom. The lowest BCUT2D eigenvalue weighted by Gasteiger charge is -2.18. The zero-order valence-electron chi connectivity index (χ0n) is 10.2. The van der Waals surface area contributed by atoms with Gasteiger partial charge in [-0.1, -0.05) is 24.3 Å². The SMILES string of the molecule is C=C(C)C(NN)c1cccc(OC(C)C)c1. The number of rotatable bonds is 5. The standard InChI is InChI=1S/C13H20N2O/c1-9(2)13(15-14)11-6-5-7-12(8-11)16-10(3)4/h5-8,10,13,15H,1,14H2,2-4H3. The molecule has 0 aromatic heterocycles. The van der Waals surface area contributed by atoms with Gasteiger partial charge in [0, 0.05) is 0 Å². The van der Waals surface area contributed by atoms with E-state index in [1.807, 2.05) is 45.0 Å². The van der Waals surface area contributed by atoms with Crippen LogP contribution in [0.1, 0.15) is 32.4 Å². The van der Waals surface area contributed by atoms with Crippen LogP contribution in [0.5, 0.6) is 5.75 Å². The molecule has 88 valence electrons. The van der Waals surface area contributed by atoms with Crippen molar-refractivity contribution in [2.45, 2.75) is 32.9 Å². The number of hydrogen-bond acceptors (Lipinski definition) is 3. The molecule has 0 fully saturated rings. The molecule has 0 spiro atoms. The van der Waals surface area contributed by atoms with Crippen LogP contribution in [0.15, 0.2) is 36.4 Å². The third-order valence-corrected chi connectivity index (χ3v) is 2.22. The average Bonchev–Trinajstić information content (AvgIpc) is 2.17. The summed E-state index contributed by atoms with van der Waals surface area (Å²) in [6.07, 6.45) is 0.171. The highest BCUT2D eigenvalue weighted by atomic mass is 16.5. The fourth-order valence-electron chi connectivity index (χ4n) is 1.56. The summed E-state index contributed by atoms with van der Waals surface area (Å²) in [5, 5.41) is 0. The molecule has 0 heterocycles. The second kappa shape index (κ2) is 5.68. The van der Waals surface area contributed by atoms with E-state index in [9.17, 15) is 0 Å². The van der Waals surface area contributed by atoms with Gasteiger partial charge in [-0.2, -0.15) is 0 Å². The zero-order valence-corrected chi connectivity index (χ0v) is 10.2.